The van der Waals surface area contributed by atoms with E-state index in [-0.39, 0.29) is 11.6 Å². The summed E-state index contributed by atoms with van der Waals surface area (Å²) in [6.45, 7) is 2.76. The second kappa shape index (κ2) is 3.42. The first-order valence-corrected chi connectivity index (χ1v) is 4.45. The monoisotopic (exact) mass is 194 g/mol. The predicted molar refractivity (Wildman–Crippen MR) is 51.6 cm³/mol. The van der Waals surface area contributed by atoms with Gasteiger partial charge in [0, 0.05) is 11.6 Å². The van der Waals surface area contributed by atoms with E-state index in [9.17, 15) is 9.50 Å². The number of halogens is 1. The molecule has 1 aromatic carbocycles. The zero-order valence-electron chi connectivity index (χ0n) is 7.88. The zero-order chi connectivity index (χ0) is 10.1. The summed E-state index contributed by atoms with van der Waals surface area (Å²) in [5.74, 6) is -0.428. The quantitative estimate of drug-likeness (QED) is 0.743. The lowest BCUT2D eigenvalue weighted by Crippen LogP contribution is -1.95. The first kappa shape index (κ1) is 9.21. The van der Waals surface area contributed by atoms with Crippen LogP contribution in [-0.4, -0.2) is 18.3 Å². The van der Waals surface area contributed by atoms with Gasteiger partial charge in [-0.15, -0.1) is 0 Å². The van der Waals surface area contributed by atoms with E-state index in [4.69, 9.17) is 4.74 Å². The number of aromatic hydroxyl groups is 1. The SMILES string of the molecule is Cc1cc(O)cc(F)c1C1=CCOC1. The first-order chi connectivity index (χ1) is 6.68. The number of phenolic OH excluding ortho intramolecular Hbond substituents is 1. The van der Waals surface area contributed by atoms with Gasteiger partial charge in [0.15, 0.2) is 0 Å². The van der Waals surface area contributed by atoms with E-state index in [0.717, 1.165) is 17.2 Å². The van der Waals surface area contributed by atoms with Crippen molar-refractivity contribution in [1.29, 1.82) is 0 Å². The van der Waals surface area contributed by atoms with E-state index in [0.29, 0.717) is 18.8 Å². The second-order valence-corrected chi connectivity index (χ2v) is 3.36. The minimum absolute atomic E-state index is 0.0386. The molecule has 0 fully saturated rings. The summed E-state index contributed by atoms with van der Waals surface area (Å²) >= 11 is 0. The molecular weight excluding hydrogens is 183 g/mol. The standard InChI is InChI=1S/C11H11FO2/c1-7-4-9(13)5-10(12)11(7)8-2-3-14-6-8/h2,4-5,13H,3,6H2,1H3. The summed E-state index contributed by atoms with van der Waals surface area (Å²) in [5, 5.41) is 9.17. The van der Waals surface area contributed by atoms with Crippen molar-refractivity contribution in [3.63, 3.8) is 0 Å². The Kier molecular flexibility index (Phi) is 2.25. The molecule has 0 aromatic heterocycles. The van der Waals surface area contributed by atoms with Crippen molar-refractivity contribution in [2.75, 3.05) is 13.2 Å². The number of rotatable bonds is 1. The normalized spacial score (nSPS) is 15.7. The van der Waals surface area contributed by atoms with Crippen LogP contribution in [0.25, 0.3) is 5.57 Å². The van der Waals surface area contributed by atoms with E-state index in [2.05, 4.69) is 0 Å². The highest BCUT2D eigenvalue weighted by atomic mass is 19.1. The Morgan fingerprint density at radius 2 is 2.21 bits per heavy atom. The fourth-order valence-electron chi connectivity index (χ4n) is 1.69. The van der Waals surface area contributed by atoms with Gasteiger partial charge in [-0.25, -0.2) is 4.39 Å². The molecule has 0 saturated carbocycles. The van der Waals surface area contributed by atoms with Gasteiger partial charge < -0.3 is 9.84 Å². The summed E-state index contributed by atoms with van der Waals surface area (Å²) < 4.78 is 18.6. The maximum absolute atomic E-state index is 13.5. The lowest BCUT2D eigenvalue weighted by Gasteiger charge is -2.08. The highest BCUT2D eigenvalue weighted by molar-refractivity contribution is 5.71. The Balaban J connectivity index is 2.52. The van der Waals surface area contributed by atoms with Crippen molar-refractivity contribution in [1.82, 2.24) is 0 Å². The second-order valence-electron chi connectivity index (χ2n) is 3.36. The smallest absolute Gasteiger partial charge is 0.134 e. The van der Waals surface area contributed by atoms with Crippen LogP contribution in [-0.2, 0) is 4.74 Å². The van der Waals surface area contributed by atoms with Crippen molar-refractivity contribution >= 4 is 5.57 Å². The molecule has 1 N–H and O–H groups in total. The van der Waals surface area contributed by atoms with Crippen molar-refractivity contribution < 1.29 is 14.2 Å². The molecule has 0 bridgehead atoms. The number of phenols is 1. The minimum Gasteiger partial charge on any atom is -0.508 e. The van der Waals surface area contributed by atoms with E-state index in [1.807, 2.05) is 6.08 Å². The van der Waals surface area contributed by atoms with Gasteiger partial charge in [0.1, 0.15) is 11.6 Å². The zero-order valence-corrected chi connectivity index (χ0v) is 7.88. The van der Waals surface area contributed by atoms with Gasteiger partial charge in [0.2, 0.25) is 0 Å². The number of benzene rings is 1. The molecule has 0 unspecified atom stereocenters. The maximum Gasteiger partial charge on any atom is 0.134 e. The van der Waals surface area contributed by atoms with Gasteiger partial charge in [0.25, 0.3) is 0 Å². The van der Waals surface area contributed by atoms with Crippen LogP contribution < -0.4 is 0 Å². The molecule has 0 aliphatic carbocycles. The Hall–Kier alpha value is -1.35. The third-order valence-electron chi connectivity index (χ3n) is 2.30. The highest BCUT2D eigenvalue weighted by Crippen LogP contribution is 2.28. The van der Waals surface area contributed by atoms with Gasteiger partial charge in [-0.3, -0.25) is 0 Å². The third-order valence-corrected chi connectivity index (χ3v) is 2.30. The van der Waals surface area contributed by atoms with Crippen LogP contribution in [0.2, 0.25) is 0 Å². The van der Waals surface area contributed by atoms with Crippen LogP contribution in [0, 0.1) is 12.7 Å². The average Bonchev–Trinajstić information content (AvgIpc) is 2.54. The minimum atomic E-state index is -0.390. The molecule has 0 spiro atoms. The number of hydrogen-bond donors (Lipinski definition) is 1. The number of aryl methyl sites for hydroxylation is 1. The summed E-state index contributed by atoms with van der Waals surface area (Å²) in [4.78, 5) is 0. The van der Waals surface area contributed by atoms with E-state index >= 15 is 0 Å². The van der Waals surface area contributed by atoms with Gasteiger partial charge in [0.05, 0.1) is 13.2 Å². The fourth-order valence-corrected chi connectivity index (χ4v) is 1.69. The Morgan fingerprint density at radius 3 is 2.79 bits per heavy atom. The summed E-state index contributed by atoms with van der Waals surface area (Å²) in [6, 6.07) is 2.68. The van der Waals surface area contributed by atoms with E-state index < -0.39 is 0 Å². The predicted octanol–water partition coefficient (Wildman–Crippen LogP) is 2.25. The largest absolute Gasteiger partial charge is 0.508 e. The van der Waals surface area contributed by atoms with Crippen molar-refractivity contribution in [3.05, 3.63) is 35.2 Å². The fraction of sp³-hybridized carbons (Fsp3) is 0.273. The topological polar surface area (TPSA) is 29.5 Å². The molecule has 2 nitrogen and oxygen atoms in total. The van der Waals surface area contributed by atoms with Crippen LogP contribution in [0.1, 0.15) is 11.1 Å². The number of ether oxygens (including phenoxy) is 1. The van der Waals surface area contributed by atoms with Crippen LogP contribution in [0.3, 0.4) is 0 Å². The van der Waals surface area contributed by atoms with E-state index in [1.54, 1.807) is 13.0 Å². The lowest BCUT2D eigenvalue weighted by molar-refractivity contribution is 0.216. The molecule has 1 aliphatic heterocycles. The number of hydrogen-bond acceptors (Lipinski definition) is 2. The van der Waals surface area contributed by atoms with Gasteiger partial charge in [-0.1, -0.05) is 6.08 Å². The summed E-state index contributed by atoms with van der Waals surface area (Å²) in [5.41, 5.74) is 2.15. The van der Waals surface area contributed by atoms with Crippen LogP contribution >= 0.6 is 0 Å². The molecule has 2 rings (SSSR count). The molecule has 0 radical (unpaired) electrons. The molecule has 0 saturated heterocycles. The molecular formula is C11H11FO2. The van der Waals surface area contributed by atoms with Crippen molar-refractivity contribution in [3.8, 4) is 5.75 Å². The molecule has 0 atom stereocenters. The Morgan fingerprint density at radius 1 is 1.43 bits per heavy atom. The lowest BCUT2D eigenvalue weighted by atomic mass is 10.0. The van der Waals surface area contributed by atoms with Crippen molar-refractivity contribution in [2.45, 2.75) is 6.92 Å². The average molecular weight is 194 g/mol. The van der Waals surface area contributed by atoms with E-state index in [1.165, 1.54) is 0 Å². The third kappa shape index (κ3) is 1.51. The van der Waals surface area contributed by atoms with Gasteiger partial charge in [-0.2, -0.15) is 0 Å². The molecule has 0 amide bonds. The van der Waals surface area contributed by atoms with Crippen LogP contribution in [0.15, 0.2) is 18.2 Å². The van der Waals surface area contributed by atoms with Gasteiger partial charge in [-0.05, 0) is 24.1 Å². The van der Waals surface area contributed by atoms with Crippen molar-refractivity contribution in [2.24, 2.45) is 0 Å². The molecule has 74 valence electrons. The summed E-state index contributed by atoms with van der Waals surface area (Å²) in [7, 11) is 0. The first-order valence-electron chi connectivity index (χ1n) is 4.45. The molecule has 14 heavy (non-hydrogen) atoms. The molecule has 3 heteroatoms. The maximum atomic E-state index is 13.5. The molecule has 1 heterocycles. The molecule has 1 aromatic rings. The van der Waals surface area contributed by atoms with Crippen LogP contribution in [0.4, 0.5) is 4.39 Å². The Labute approximate surface area is 81.6 Å². The summed E-state index contributed by atoms with van der Waals surface area (Å²) in [6.07, 6.45) is 1.86. The Bertz CT molecular complexity index is 373. The van der Waals surface area contributed by atoms with Gasteiger partial charge >= 0.3 is 0 Å². The van der Waals surface area contributed by atoms with Crippen LogP contribution in [0.5, 0.6) is 5.75 Å². The highest BCUT2D eigenvalue weighted by Gasteiger charge is 2.15. The molecule has 1 aliphatic rings.